The Kier molecular flexibility index (Phi) is 4.06. The van der Waals surface area contributed by atoms with Crippen molar-refractivity contribution in [2.75, 3.05) is 13.6 Å². The summed E-state index contributed by atoms with van der Waals surface area (Å²) >= 11 is 0. The lowest BCUT2D eigenvalue weighted by Crippen LogP contribution is -2.25. The average molecular weight is 225 g/mol. The molecule has 0 aliphatic rings. The van der Waals surface area contributed by atoms with Crippen molar-refractivity contribution in [1.82, 2.24) is 14.7 Å². The number of aromatic nitrogens is 2. The van der Waals surface area contributed by atoms with Gasteiger partial charge in [0.25, 0.3) is 0 Å². The Bertz CT molecular complexity index is 373. The summed E-state index contributed by atoms with van der Waals surface area (Å²) in [4.78, 5) is 12.5. The predicted octanol–water partition coefficient (Wildman–Crippen LogP) is 1.20. The maximum Gasteiger partial charge on any atom is 0.304 e. The van der Waals surface area contributed by atoms with E-state index in [4.69, 9.17) is 5.11 Å². The van der Waals surface area contributed by atoms with E-state index < -0.39 is 5.97 Å². The van der Waals surface area contributed by atoms with Gasteiger partial charge in [0.1, 0.15) is 0 Å². The van der Waals surface area contributed by atoms with E-state index in [1.54, 1.807) is 4.68 Å². The Morgan fingerprint density at radius 3 is 2.75 bits per heavy atom. The van der Waals surface area contributed by atoms with Gasteiger partial charge in [-0.3, -0.25) is 14.4 Å². The molecule has 0 spiro atoms. The molecule has 0 aromatic carbocycles. The lowest BCUT2D eigenvalue weighted by molar-refractivity contribution is -0.137. The van der Waals surface area contributed by atoms with E-state index >= 15 is 0 Å². The molecular weight excluding hydrogens is 206 g/mol. The van der Waals surface area contributed by atoms with Crippen LogP contribution in [0.2, 0.25) is 0 Å². The van der Waals surface area contributed by atoms with Crippen molar-refractivity contribution in [3.63, 3.8) is 0 Å². The molecule has 1 N–H and O–H groups in total. The molecule has 1 aromatic heterocycles. The number of carboxylic acid groups (broad SMARTS) is 1. The molecule has 16 heavy (non-hydrogen) atoms. The predicted molar refractivity (Wildman–Crippen MR) is 61.2 cm³/mol. The summed E-state index contributed by atoms with van der Waals surface area (Å²) < 4.78 is 1.78. The van der Waals surface area contributed by atoms with E-state index in [1.807, 2.05) is 32.1 Å². The second-order valence-corrected chi connectivity index (χ2v) is 4.14. The van der Waals surface area contributed by atoms with Gasteiger partial charge in [-0.05, 0) is 20.9 Å². The molecule has 0 radical (unpaired) electrons. The topological polar surface area (TPSA) is 58.4 Å². The zero-order valence-electron chi connectivity index (χ0n) is 10.3. The number of nitrogens with zero attached hydrogens (tertiary/aromatic N) is 3. The van der Waals surface area contributed by atoms with Crippen LogP contribution < -0.4 is 0 Å². The van der Waals surface area contributed by atoms with Gasteiger partial charge in [-0.1, -0.05) is 0 Å². The molecule has 1 unspecified atom stereocenters. The minimum Gasteiger partial charge on any atom is -0.481 e. The third-order valence-corrected chi connectivity index (χ3v) is 2.84. The summed E-state index contributed by atoms with van der Waals surface area (Å²) in [5.41, 5.74) is 2.15. The molecule has 90 valence electrons. The lowest BCUT2D eigenvalue weighted by Gasteiger charge is -2.23. The zero-order valence-corrected chi connectivity index (χ0v) is 10.3. The van der Waals surface area contributed by atoms with E-state index in [2.05, 4.69) is 12.0 Å². The minimum atomic E-state index is -0.762. The van der Waals surface area contributed by atoms with Gasteiger partial charge in [-0.2, -0.15) is 5.10 Å². The zero-order chi connectivity index (χ0) is 12.3. The van der Waals surface area contributed by atoms with Gasteiger partial charge in [0.05, 0.1) is 12.1 Å². The SMILES string of the molecule is Cc1nn(C)cc1C(C)N(C)CCC(=O)O. The highest BCUT2D eigenvalue weighted by molar-refractivity contribution is 5.66. The Labute approximate surface area is 95.7 Å². The van der Waals surface area contributed by atoms with Crippen molar-refractivity contribution < 1.29 is 9.90 Å². The van der Waals surface area contributed by atoms with Crippen LogP contribution >= 0.6 is 0 Å². The van der Waals surface area contributed by atoms with Crippen LogP contribution in [0, 0.1) is 6.92 Å². The quantitative estimate of drug-likeness (QED) is 0.818. The number of aliphatic carboxylic acids is 1. The lowest BCUT2D eigenvalue weighted by atomic mass is 10.1. The number of hydrogen-bond acceptors (Lipinski definition) is 3. The highest BCUT2D eigenvalue weighted by Crippen LogP contribution is 2.21. The fraction of sp³-hybridized carbons (Fsp3) is 0.636. The molecule has 0 amide bonds. The fourth-order valence-electron chi connectivity index (χ4n) is 1.73. The largest absolute Gasteiger partial charge is 0.481 e. The molecule has 1 rings (SSSR count). The number of hydrogen-bond donors (Lipinski definition) is 1. The standard InChI is InChI=1S/C11H19N3O2/c1-8-10(7-14(4)12-8)9(2)13(3)6-5-11(15)16/h7,9H,5-6H2,1-4H3,(H,15,16). The first-order valence-electron chi connectivity index (χ1n) is 5.34. The van der Waals surface area contributed by atoms with Crippen LogP contribution in [0.5, 0.6) is 0 Å². The highest BCUT2D eigenvalue weighted by atomic mass is 16.4. The second kappa shape index (κ2) is 5.12. The molecule has 0 fully saturated rings. The van der Waals surface area contributed by atoms with Crippen molar-refractivity contribution in [2.24, 2.45) is 7.05 Å². The molecule has 0 saturated carbocycles. The normalized spacial score (nSPS) is 13.1. The maximum atomic E-state index is 10.5. The first-order valence-corrected chi connectivity index (χ1v) is 5.34. The molecule has 0 aliphatic carbocycles. The van der Waals surface area contributed by atoms with Crippen LogP contribution in [0.4, 0.5) is 0 Å². The van der Waals surface area contributed by atoms with Crippen LogP contribution in [0.25, 0.3) is 0 Å². The van der Waals surface area contributed by atoms with E-state index in [-0.39, 0.29) is 12.5 Å². The third kappa shape index (κ3) is 3.06. The molecule has 0 bridgehead atoms. The molecular formula is C11H19N3O2. The Hall–Kier alpha value is -1.36. The number of carbonyl (C=O) groups is 1. The fourth-order valence-corrected chi connectivity index (χ4v) is 1.73. The second-order valence-electron chi connectivity index (χ2n) is 4.14. The molecule has 0 aliphatic heterocycles. The number of rotatable bonds is 5. The minimum absolute atomic E-state index is 0.167. The Balaban J connectivity index is 2.66. The Morgan fingerprint density at radius 2 is 2.31 bits per heavy atom. The van der Waals surface area contributed by atoms with Gasteiger partial charge in [0.2, 0.25) is 0 Å². The van der Waals surface area contributed by atoms with Crippen molar-refractivity contribution in [3.8, 4) is 0 Å². The van der Waals surface area contributed by atoms with Gasteiger partial charge in [-0.15, -0.1) is 0 Å². The van der Waals surface area contributed by atoms with E-state index in [0.29, 0.717) is 6.54 Å². The highest BCUT2D eigenvalue weighted by Gasteiger charge is 2.16. The van der Waals surface area contributed by atoms with Crippen LogP contribution in [0.3, 0.4) is 0 Å². The van der Waals surface area contributed by atoms with E-state index in [0.717, 1.165) is 11.3 Å². The smallest absolute Gasteiger partial charge is 0.304 e. The van der Waals surface area contributed by atoms with Crippen molar-refractivity contribution >= 4 is 5.97 Å². The molecule has 5 nitrogen and oxygen atoms in total. The van der Waals surface area contributed by atoms with Crippen molar-refractivity contribution in [1.29, 1.82) is 0 Å². The Morgan fingerprint density at radius 1 is 1.69 bits per heavy atom. The summed E-state index contributed by atoms with van der Waals surface area (Å²) in [5.74, 6) is -0.762. The summed E-state index contributed by atoms with van der Waals surface area (Å²) in [6.07, 6.45) is 2.15. The van der Waals surface area contributed by atoms with Gasteiger partial charge < -0.3 is 5.11 Å². The first kappa shape index (κ1) is 12.7. The average Bonchev–Trinajstić information content (AvgIpc) is 2.53. The molecule has 1 aromatic rings. The third-order valence-electron chi connectivity index (χ3n) is 2.84. The molecule has 5 heteroatoms. The van der Waals surface area contributed by atoms with E-state index in [1.165, 1.54) is 0 Å². The monoisotopic (exact) mass is 225 g/mol. The number of aryl methyl sites for hydroxylation is 2. The molecule has 1 atom stereocenters. The maximum absolute atomic E-state index is 10.5. The van der Waals surface area contributed by atoms with E-state index in [9.17, 15) is 4.79 Å². The van der Waals surface area contributed by atoms with Crippen LogP contribution in [0.15, 0.2) is 6.20 Å². The van der Waals surface area contributed by atoms with Gasteiger partial charge >= 0.3 is 5.97 Å². The van der Waals surface area contributed by atoms with Crippen molar-refractivity contribution in [3.05, 3.63) is 17.5 Å². The summed E-state index contributed by atoms with van der Waals surface area (Å²) in [6.45, 7) is 4.58. The summed E-state index contributed by atoms with van der Waals surface area (Å²) in [7, 11) is 3.82. The van der Waals surface area contributed by atoms with Crippen molar-refractivity contribution in [2.45, 2.75) is 26.3 Å². The van der Waals surface area contributed by atoms with Crippen LogP contribution in [-0.4, -0.2) is 39.3 Å². The van der Waals surface area contributed by atoms with Gasteiger partial charge in [0.15, 0.2) is 0 Å². The molecule has 0 saturated heterocycles. The van der Waals surface area contributed by atoms with Gasteiger partial charge in [0, 0.05) is 31.4 Å². The van der Waals surface area contributed by atoms with Gasteiger partial charge in [-0.25, -0.2) is 0 Å². The summed E-state index contributed by atoms with van der Waals surface area (Å²) in [6, 6.07) is 0.188. The summed E-state index contributed by atoms with van der Waals surface area (Å²) in [5, 5.41) is 12.9. The first-order chi connectivity index (χ1) is 7.41. The number of carboxylic acids is 1. The molecule has 1 heterocycles. The van der Waals surface area contributed by atoms with Crippen LogP contribution in [0.1, 0.15) is 30.6 Å². The van der Waals surface area contributed by atoms with Crippen LogP contribution in [-0.2, 0) is 11.8 Å².